The lowest BCUT2D eigenvalue weighted by Gasteiger charge is -2.16. The Morgan fingerprint density at radius 1 is 1.24 bits per heavy atom. The van der Waals surface area contributed by atoms with Crippen LogP contribution < -0.4 is 20.7 Å². The Hall–Kier alpha value is -2.45. The van der Waals surface area contributed by atoms with Crippen LogP contribution in [-0.4, -0.2) is 31.1 Å². The molecule has 0 unspecified atom stereocenters. The van der Waals surface area contributed by atoms with Crippen molar-refractivity contribution >= 4 is 17.6 Å². The number of urea groups is 1. The fourth-order valence-corrected chi connectivity index (χ4v) is 1.83. The first kappa shape index (κ1) is 20.6. The minimum Gasteiger partial charge on any atom is -0.491 e. The molecule has 3 amide bonds. The van der Waals surface area contributed by atoms with E-state index in [-0.39, 0.29) is 24.0 Å². The van der Waals surface area contributed by atoms with Gasteiger partial charge in [-0.3, -0.25) is 10.1 Å². The van der Waals surface area contributed by atoms with E-state index in [0.717, 1.165) is 12.1 Å². The van der Waals surface area contributed by atoms with Gasteiger partial charge in [-0.1, -0.05) is 6.92 Å². The molecule has 25 heavy (non-hydrogen) atoms. The number of benzene rings is 1. The number of amides is 3. The zero-order valence-corrected chi connectivity index (χ0v) is 14.3. The maximum absolute atomic E-state index is 12.8. The summed E-state index contributed by atoms with van der Waals surface area (Å²) in [4.78, 5) is 23.1. The van der Waals surface area contributed by atoms with Gasteiger partial charge < -0.3 is 15.4 Å². The zero-order chi connectivity index (χ0) is 19.0. The van der Waals surface area contributed by atoms with E-state index in [2.05, 4.69) is 16.0 Å². The average Bonchev–Trinajstić information content (AvgIpc) is 2.49. The molecular formula is C16H22F3N3O3. The van der Waals surface area contributed by atoms with Gasteiger partial charge in [-0.25, -0.2) is 4.79 Å². The van der Waals surface area contributed by atoms with E-state index in [0.29, 0.717) is 13.0 Å². The van der Waals surface area contributed by atoms with Crippen LogP contribution in [0.3, 0.4) is 0 Å². The molecule has 1 rings (SSSR count). The summed E-state index contributed by atoms with van der Waals surface area (Å²) >= 11 is 0. The van der Waals surface area contributed by atoms with E-state index in [1.54, 1.807) is 13.8 Å². The van der Waals surface area contributed by atoms with Gasteiger partial charge in [-0.05, 0) is 38.5 Å². The molecule has 0 aromatic heterocycles. The highest BCUT2D eigenvalue weighted by Crippen LogP contribution is 2.35. The van der Waals surface area contributed by atoms with Gasteiger partial charge in [0.25, 0.3) is 0 Å². The third-order valence-corrected chi connectivity index (χ3v) is 2.88. The van der Waals surface area contributed by atoms with Crippen molar-refractivity contribution < 1.29 is 27.5 Å². The summed E-state index contributed by atoms with van der Waals surface area (Å²) in [6, 6.07) is 2.15. The Kier molecular flexibility index (Phi) is 7.53. The van der Waals surface area contributed by atoms with E-state index in [9.17, 15) is 22.8 Å². The first-order valence-corrected chi connectivity index (χ1v) is 7.81. The van der Waals surface area contributed by atoms with Crippen LogP contribution in [0.25, 0.3) is 0 Å². The summed E-state index contributed by atoms with van der Waals surface area (Å²) in [5.74, 6) is -0.480. The number of hydrogen-bond acceptors (Lipinski definition) is 4. The summed E-state index contributed by atoms with van der Waals surface area (Å²) in [5.41, 5.74) is -0.834. The molecule has 0 fully saturated rings. The van der Waals surface area contributed by atoms with Crippen molar-refractivity contribution in [3.05, 3.63) is 23.8 Å². The van der Waals surface area contributed by atoms with Crippen LogP contribution in [0.15, 0.2) is 18.2 Å². The largest absolute Gasteiger partial charge is 0.491 e. The van der Waals surface area contributed by atoms with Crippen molar-refractivity contribution in [2.24, 2.45) is 0 Å². The van der Waals surface area contributed by atoms with Gasteiger partial charge in [0.05, 0.1) is 24.4 Å². The highest BCUT2D eigenvalue weighted by molar-refractivity contribution is 5.96. The van der Waals surface area contributed by atoms with Crippen molar-refractivity contribution in [2.75, 3.05) is 18.5 Å². The fraction of sp³-hybridized carbons (Fsp3) is 0.500. The Balaban J connectivity index is 2.79. The first-order chi connectivity index (χ1) is 11.6. The maximum atomic E-state index is 12.8. The second-order valence-corrected chi connectivity index (χ2v) is 5.59. The van der Waals surface area contributed by atoms with Gasteiger partial charge in [-0.15, -0.1) is 0 Å². The number of ether oxygens (including phenoxy) is 1. The summed E-state index contributed by atoms with van der Waals surface area (Å²) in [5, 5.41) is 7.12. The first-order valence-electron chi connectivity index (χ1n) is 7.81. The number of alkyl halides is 3. The van der Waals surface area contributed by atoms with Crippen LogP contribution in [0.1, 0.15) is 32.8 Å². The van der Waals surface area contributed by atoms with Gasteiger partial charge in [0.2, 0.25) is 5.91 Å². The molecule has 1 aromatic rings. The average molecular weight is 361 g/mol. The molecule has 6 nitrogen and oxygen atoms in total. The van der Waals surface area contributed by atoms with E-state index in [1.165, 1.54) is 6.07 Å². The number of imide groups is 1. The Labute approximate surface area is 144 Å². The number of nitrogens with one attached hydrogen (secondary N) is 3. The van der Waals surface area contributed by atoms with Crippen LogP contribution in [0.2, 0.25) is 0 Å². The van der Waals surface area contributed by atoms with Gasteiger partial charge in [0.1, 0.15) is 5.75 Å². The zero-order valence-electron chi connectivity index (χ0n) is 14.3. The molecule has 0 aliphatic rings. The number of anilines is 1. The number of carbonyl (C=O) groups excluding carboxylic acids is 2. The Morgan fingerprint density at radius 2 is 1.92 bits per heavy atom. The lowest BCUT2D eigenvalue weighted by Crippen LogP contribution is -2.44. The highest BCUT2D eigenvalue weighted by atomic mass is 19.4. The molecule has 0 bridgehead atoms. The maximum Gasteiger partial charge on any atom is 0.416 e. The molecule has 0 saturated carbocycles. The summed E-state index contributed by atoms with van der Waals surface area (Å²) < 4.78 is 43.9. The quantitative estimate of drug-likeness (QED) is 0.697. The van der Waals surface area contributed by atoms with E-state index >= 15 is 0 Å². The number of rotatable bonds is 7. The standard InChI is InChI=1S/C16H22F3N3O3/c1-4-7-25-13-6-5-11(16(17,18)19)8-12(13)20-9-14(23)22-15(24)21-10(2)3/h5-6,8,10,20H,4,7,9H2,1-3H3,(H2,21,22,23,24). The number of hydrogen-bond donors (Lipinski definition) is 3. The molecule has 0 saturated heterocycles. The number of halogens is 3. The molecule has 0 atom stereocenters. The van der Waals surface area contributed by atoms with Crippen molar-refractivity contribution in [1.29, 1.82) is 0 Å². The highest BCUT2D eigenvalue weighted by Gasteiger charge is 2.31. The van der Waals surface area contributed by atoms with Crippen LogP contribution in [0.5, 0.6) is 5.75 Å². The van der Waals surface area contributed by atoms with E-state index < -0.39 is 23.7 Å². The van der Waals surface area contributed by atoms with E-state index in [4.69, 9.17) is 4.74 Å². The molecule has 9 heteroatoms. The normalized spacial score (nSPS) is 11.2. The molecule has 0 radical (unpaired) electrons. The number of carbonyl (C=O) groups is 2. The van der Waals surface area contributed by atoms with Crippen LogP contribution in [-0.2, 0) is 11.0 Å². The minimum absolute atomic E-state index is 0.0303. The SMILES string of the molecule is CCCOc1ccc(C(F)(F)F)cc1NCC(=O)NC(=O)NC(C)C. The monoisotopic (exact) mass is 361 g/mol. The molecule has 1 aromatic carbocycles. The second-order valence-electron chi connectivity index (χ2n) is 5.59. The Bertz CT molecular complexity index is 604. The van der Waals surface area contributed by atoms with Gasteiger partial charge in [0.15, 0.2) is 0 Å². The summed E-state index contributed by atoms with van der Waals surface area (Å²) in [6.45, 7) is 5.25. The third-order valence-electron chi connectivity index (χ3n) is 2.88. The second kappa shape index (κ2) is 9.14. The van der Waals surface area contributed by atoms with Gasteiger partial charge in [-0.2, -0.15) is 13.2 Å². The molecular weight excluding hydrogens is 339 g/mol. The van der Waals surface area contributed by atoms with Crippen LogP contribution in [0, 0.1) is 0 Å². The smallest absolute Gasteiger partial charge is 0.416 e. The molecule has 0 aliphatic heterocycles. The van der Waals surface area contributed by atoms with Crippen molar-refractivity contribution in [3.8, 4) is 5.75 Å². The van der Waals surface area contributed by atoms with Crippen molar-refractivity contribution in [3.63, 3.8) is 0 Å². The van der Waals surface area contributed by atoms with Gasteiger partial charge in [0, 0.05) is 6.04 Å². The minimum atomic E-state index is -4.51. The van der Waals surface area contributed by atoms with Gasteiger partial charge >= 0.3 is 12.2 Å². The van der Waals surface area contributed by atoms with Crippen LogP contribution in [0.4, 0.5) is 23.7 Å². The predicted octanol–water partition coefficient (Wildman–Crippen LogP) is 3.14. The van der Waals surface area contributed by atoms with Crippen LogP contribution >= 0.6 is 0 Å². The van der Waals surface area contributed by atoms with Crippen molar-refractivity contribution in [1.82, 2.24) is 10.6 Å². The van der Waals surface area contributed by atoms with E-state index in [1.807, 2.05) is 6.92 Å². The lowest BCUT2D eigenvalue weighted by molar-refractivity contribution is -0.137. The molecule has 0 spiro atoms. The predicted molar refractivity (Wildman–Crippen MR) is 87.5 cm³/mol. The summed E-state index contributed by atoms with van der Waals surface area (Å²) in [7, 11) is 0. The third kappa shape index (κ3) is 7.32. The molecule has 140 valence electrons. The molecule has 0 aliphatic carbocycles. The molecule has 0 heterocycles. The topological polar surface area (TPSA) is 79.5 Å². The van der Waals surface area contributed by atoms with Crippen molar-refractivity contribution in [2.45, 2.75) is 39.4 Å². The summed E-state index contributed by atoms with van der Waals surface area (Å²) in [6.07, 6.45) is -3.84. The Morgan fingerprint density at radius 3 is 2.48 bits per heavy atom. The lowest BCUT2D eigenvalue weighted by atomic mass is 10.1. The molecule has 3 N–H and O–H groups in total. The fourth-order valence-electron chi connectivity index (χ4n) is 1.83.